The van der Waals surface area contributed by atoms with E-state index in [9.17, 15) is 10.5 Å². The molecule has 0 aliphatic carbocycles. The van der Waals surface area contributed by atoms with Crippen LogP contribution in [0.4, 0.5) is 0 Å². The molecule has 0 radical (unpaired) electrons. The van der Waals surface area contributed by atoms with Crippen molar-refractivity contribution in [3.8, 4) is 12.1 Å². The van der Waals surface area contributed by atoms with E-state index in [-0.39, 0.29) is 0 Å². The standard InChI is InChI=1S/C22H32N2O2/c1-3-5-7-9-11-25-17-21-13-20(16-24)22(14-19(21)15-23)18-26-12-10-8-6-4-2/h13-14H,3-12,17-18H2,1-2H3. The average molecular weight is 357 g/mol. The van der Waals surface area contributed by atoms with Crippen molar-refractivity contribution in [1.82, 2.24) is 0 Å². The maximum absolute atomic E-state index is 9.42. The molecule has 0 atom stereocenters. The molecule has 0 aliphatic rings. The maximum atomic E-state index is 9.42. The van der Waals surface area contributed by atoms with Gasteiger partial charge in [-0.3, -0.25) is 0 Å². The first kappa shape index (κ1) is 22.2. The van der Waals surface area contributed by atoms with Gasteiger partial charge in [0.25, 0.3) is 0 Å². The Bertz CT molecular complexity index is 546. The van der Waals surface area contributed by atoms with Crippen LogP contribution in [0.1, 0.15) is 87.5 Å². The van der Waals surface area contributed by atoms with E-state index in [2.05, 4.69) is 26.0 Å². The largest absolute Gasteiger partial charge is 0.377 e. The second-order valence-corrected chi connectivity index (χ2v) is 6.62. The summed E-state index contributed by atoms with van der Waals surface area (Å²) in [7, 11) is 0. The first-order chi connectivity index (χ1) is 12.8. The monoisotopic (exact) mass is 356 g/mol. The number of ether oxygens (including phenoxy) is 2. The molecule has 1 rings (SSSR count). The average Bonchev–Trinajstić information content (AvgIpc) is 2.67. The number of nitriles is 2. The smallest absolute Gasteiger partial charge is 0.0995 e. The van der Waals surface area contributed by atoms with Crippen LogP contribution in [-0.4, -0.2) is 13.2 Å². The third kappa shape index (κ3) is 8.48. The van der Waals surface area contributed by atoms with Gasteiger partial charge in [0, 0.05) is 13.2 Å². The molecule has 0 aromatic heterocycles. The SMILES string of the molecule is CCCCCCOCc1cc(C#N)c(COCCCCCC)cc1C#N. The van der Waals surface area contributed by atoms with Crippen molar-refractivity contribution < 1.29 is 9.47 Å². The van der Waals surface area contributed by atoms with Crippen LogP contribution in [0.2, 0.25) is 0 Å². The van der Waals surface area contributed by atoms with Gasteiger partial charge in [-0.1, -0.05) is 52.4 Å². The van der Waals surface area contributed by atoms with Gasteiger partial charge in [0.2, 0.25) is 0 Å². The van der Waals surface area contributed by atoms with Gasteiger partial charge in [0.1, 0.15) is 0 Å². The molecule has 1 aromatic rings. The van der Waals surface area contributed by atoms with Crippen molar-refractivity contribution in [2.75, 3.05) is 13.2 Å². The van der Waals surface area contributed by atoms with Crippen LogP contribution in [0.5, 0.6) is 0 Å². The van der Waals surface area contributed by atoms with Gasteiger partial charge in [0.15, 0.2) is 0 Å². The minimum Gasteiger partial charge on any atom is -0.377 e. The molecule has 1 aromatic carbocycles. The summed E-state index contributed by atoms with van der Waals surface area (Å²) >= 11 is 0. The molecule has 0 aliphatic heterocycles. The molecule has 4 heteroatoms. The van der Waals surface area contributed by atoms with Crippen molar-refractivity contribution >= 4 is 0 Å². The molecule has 0 N–H and O–H groups in total. The Morgan fingerprint density at radius 3 is 1.46 bits per heavy atom. The van der Waals surface area contributed by atoms with Gasteiger partial charge in [-0.05, 0) is 36.1 Å². The van der Waals surface area contributed by atoms with Gasteiger partial charge in [-0.2, -0.15) is 10.5 Å². The lowest BCUT2D eigenvalue weighted by atomic mass is 10.00. The number of rotatable bonds is 14. The van der Waals surface area contributed by atoms with Gasteiger partial charge in [-0.25, -0.2) is 0 Å². The summed E-state index contributed by atoms with van der Waals surface area (Å²) in [5, 5.41) is 18.8. The van der Waals surface area contributed by atoms with Crippen LogP contribution in [0.15, 0.2) is 12.1 Å². The summed E-state index contributed by atoms with van der Waals surface area (Å²) < 4.78 is 11.4. The molecule has 0 unspecified atom stereocenters. The van der Waals surface area contributed by atoms with Crippen LogP contribution in [0.3, 0.4) is 0 Å². The first-order valence-electron chi connectivity index (χ1n) is 9.88. The van der Waals surface area contributed by atoms with E-state index in [1.54, 1.807) is 12.1 Å². The van der Waals surface area contributed by atoms with E-state index < -0.39 is 0 Å². The zero-order valence-corrected chi connectivity index (χ0v) is 16.4. The second-order valence-electron chi connectivity index (χ2n) is 6.62. The Morgan fingerprint density at radius 2 is 1.12 bits per heavy atom. The lowest BCUT2D eigenvalue weighted by Gasteiger charge is -2.11. The maximum Gasteiger partial charge on any atom is 0.0995 e. The molecule has 4 nitrogen and oxygen atoms in total. The van der Waals surface area contributed by atoms with E-state index in [4.69, 9.17) is 9.47 Å². The fourth-order valence-electron chi connectivity index (χ4n) is 2.76. The van der Waals surface area contributed by atoms with Crippen LogP contribution in [-0.2, 0) is 22.7 Å². The molecule has 0 spiro atoms. The molecule has 142 valence electrons. The summed E-state index contributed by atoms with van der Waals surface area (Å²) in [4.78, 5) is 0. The third-order valence-corrected chi connectivity index (χ3v) is 4.37. The Balaban J connectivity index is 2.57. The minimum atomic E-state index is 0.377. The summed E-state index contributed by atoms with van der Waals surface area (Å²) in [6, 6.07) is 8.00. The quantitative estimate of drug-likeness (QED) is 0.406. The van der Waals surface area contributed by atoms with Crippen molar-refractivity contribution in [2.24, 2.45) is 0 Å². The minimum absolute atomic E-state index is 0.377. The molecule has 0 saturated carbocycles. The van der Waals surface area contributed by atoms with E-state index in [1.807, 2.05) is 0 Å². The highest BCUT2D eigenvalue weighted by atomic mass is 16.5. The topological polar surface area (TPSA) is 66.0 Å². The number of unbranched alkanes of at least 4 members (excludes halogenated alkanes) is 6. The molecular formula is C22H32N2O2. The molecule has 0 saturated heterocycles. The summed E-state index contributed by atoms with van der Waals surface area (Å²) in [6.45, 7) is 6.49. The lowest BCUT2D eigenvalue weighted by molar-refractivity contribution is 0.114. The van der Waals surface area contributed by atoms with E-state index in [0.717, 1.165) is 24.0 Å². The molecule has 0 bridgehead atoms. The number of nitrogens with zero attached hydrogens (tertiary/aromatic N) is 2. The predicted molar refractivity (Wildman–Crippen MR) is 103 cm³/mol. The fourth-order valence-corrected chi connectivity index (χ4v) is 2.76. The van der Waals surface area contributed by atoms with E-state index in [1.165, 1.54) is 38.5 Å². The Hall–Kier alpha value is -1.88. The van der Waals surface area contributed by atoms with Crippen LogP contribution in [0, 0.1) is 22.7 Å². The summed E-state index contributed by atoms with van der Waals surface area (Å²) in [5.74, 6) is 0. The molecule has 26 heavy (non-hydrogen) atoms. The predicted octanol–water partition coefficient (Wildman–Crippen LogP) is 5.62. The van der Waals surface area contributed by atoms with Gasteiger partial charge in [-0.15, -0.1) is 0 Å². The van der Waals surface area contributed by atoms with Gasteiger partial charge >= 0.3 is 0 Å². The van der Waals surface area contributed by atoms with Gasteiger partial charge < -0.3 is 9.47 Å². The molecule has 0 fully saturated rings. The number of benzene rings is 1. The normalized spacial score (nSPS) is 10.5. The third-order valence-electron chi connectivity index (χ3n) is 4.37. The van der Waals surface area contributed by atoms with E-state index >= 15 is 0 Å². The molecule has 0 amide bonds. The zero-order chi connectivity index (χ0) is 19.0. The molecular weight excluding hydrogens is 324 g/mol. The number of hydrogen-bond donors (Lipinski definition) is 0. The van der Waals surface area contributed by atoms with Crippen molar-refractivity contribution in [3.63, 3.8) is 0 Å². The Morgan fingerprint density at radius 1 is 0.692 bits per heavy atom. The summed E-state index contributed by atoms with van der Waals surface area (Å²) in [6.07, 6.45) is 9.24. The first-order valence-corrected chi connectivity index (χ1v) is 9.88. The van der Waals surface area contributed by atoms with Gasteiger partial charge in [0.05, 0.1) is 36.5 Å². The highest BCUT2D eigenvalue weighted by molar-refractivity contribution is 5.48. The van der Waals surface area contributed by atoms with Crippen LogP contribution >= 0.6 is 0 Å². The van der Waals surface area contributed by atoms with Crippen molar-refractivity contribution in [2.45, 2.75) is 78.4 Å². The lowest BCUT2D eigenvalue weighted by Crippen LogP contribution is -2.03. The fraction of sp³-hybridized carbons (Fsp3) is 0.636. The van der Waals surface area contributed by atoms with E-state index in [0.29, 0.717) is 37.6 Å². The summed E-state index contributed by atoms with van der Waals surface area (Å²) in [5.41, 5.74) is 2.71. The second kappa shape index (κ2) is 14.3. The number of hydrogen-bond acceptors (Lipinski definition) is 4. The molecule has 0 heterocycles. The Kier molecular flexibility index (Phi) is 12.2. The van der Waals surface area contributed by atoms with Crippen molar-refractivity contribution in [3.05, 3.63) is 34.4 Å². The van der Waals surface area contributed by atoms with Crippen LogP contribution in [0.25, 0.3) is 0 Å². The highest BCUT2D eigenvalue weighted by Gasteiger charge is 2.10. The Labute approximate surface area is 158 Å². The zero-order valence-electron chi connectivity index (χ0n) is 16.4. The van der Waals surface area contributed by atoms with Crippen molar-refractivity contribution in [1.29, 1.82) is 10.5 Å². The van der Waals surface area contributed by atoms with Crippen LogP contribution < -0.4 is 0 Å². The highest BCUT2D eigenvalue weighted by Crippen LogP contribution is 2.19.